The highest BCUT2D eigenvalue weighted by Gasteiger charge is 2.24. The van der Waals surface area contributed by atoms with Gasteiger partial charge in [-0.05, 0) is 70.6 Å². The molecule has 0 aliphatic heterocycles. The average Bonchev–Trinajstić information content (AvgIpc) is 2.63. The standard InChI is InChI=1S/C83H155N2O6P/c1-6-8-10-12-14-16-18-20-22-24-26-28-30-32-34-36-38-39-40-41-42-43-44-45-47-49-51-53-55-57-59-61-63-65-67-69-71-73-75-77-83(87)84-81(80-91-92(88,89)90-79-78-85(3,4)5)82(86)76-74-72-70-68-66-64-62-60-58-56-54-52-50-48-46-37-35-33-31-29-27-25-23-21-19-17-15-13-11-9-7-2/h8,10,14,16,20,22,26,28,32,34,38-39,41-42,81-82,86H,6-7,9,11-13,15,17-19,21,23-25,27,29-31,33,35-37,40,43-80H2,1-5H3,(H-,84,87,88,89)/b10-8-,16-14-,22-20-,28-26-,34-32-,39-38-,42-41-. The van der Waals surface area contributed by atoms with Gasteiger partial charge in [0.25, 0.3) is 7.82 Å². The normalized spacial score (nSPS) is 13.9. The number of amides is 1. The Morgan fingerprint density at radius 1 is 0.391 bits per heavy atom. The summed E-state index contributed by atoms with van der Waals surface area (Å²) in [5.74, 6) is -0.160. The van der Waals surface area contributed by atoms with Crippen LogP contribution in [0.25, 0.3) is 0 Å². The van der Waals surface area contributed by atoms with Crippen molar-refractivity contribution < 1.29 is 32.9 Å². The highest BCUT2D eigenvalue weighted by atomic mass is 31.2. The van der Waals surface area contributed by atoms with Gasteiger partial charge in [0.1, 0.15) is 13.2 Å². The van der Waals surface area contributed by atoms with E-state index in [1.807, 2.05) is 21.1 Å². The van der Waals surface area contributed by atoms with E-state index in [1.165, 1.54) is 276 Å². The zero-order chi connectivity index (χ0) is 66.9. The van der Waals surface area contributed by atoms with E-state index in [0.29, 0.717) is 23.9 Å². The Balaban J connectivity index is 3.95. The molecule has 0 bridgehead atoms. The number of hydrogen-bond donors (Lipinski definition) is 2. The van der Waals surface area contributed by atoms with E-state index in [0.717, 1.165) is 83.5 Å². The zero-order valence-electron chi connectivity index (χ0n) is 61.8. The molecule has 0 spiro atoms. The van der Waals surface area contributed by atoms with Crippen LogP contribution in [0, 0.1) is 0 Å². The maximum Gasteiger partial charge on any atom is 0.268 e. The van der Waals surface area contributed by atoms with E-state index in [2.05, 4.69) is 104 Å². The summed E-state index contributed by atoms with van der Waals surface area (Å²) < 4.78 is 23.6. The van der Waals surface area contributed by atoms with E-state index in [1.54, 1.807) is 0 Å². The van der Waals surface area contributed by atoms with Crippen molar-refractivity contribution in [2.75, 3.05) is 40.9 Å². The lowest BCUT2D eigenvalue weighted by Gasteiger charge is -2.30. The fourth-order valence-corrected chi connectivity index (χ4v) is 12.8. The van der Waals surface area contributed by atoms with Gasteiger partial charge in [0.15, 0.2) is 0 Å². The van der Waals surface area contributed by atoms with Crippen molar-refractivity contribution in [2.45, 2.75) is 398 Å². The fraction of sp³-hybridized carbons (Fsp3) is 0.819. The first kappa shape index (κ1) is 89.7. The number of aliphatic hydroxyl groups excluding tert-OH is 1. The van der Waals surface area contributed by atoms with Gasteiger partial charge in [0, 0.05) is 6.42 Å². The number of rotatable bonds is 74. The molecule has 0 aliphatic carbocycles. The summed E-state index contributed by atoms with van der Waals surface area (Å²) in [6.07, 6.45) is 104. The van der Waals surface area contributed by atoms with Crippen molar-refractivity contribution in [3.63, 3.8) is 0 Å². The average molecular weight is 1310 g/mol. The van der Waals surface area contributed by atoms with E-state index in [-0.39, 0.29) is 19.1 Å². The second-order valence-electron chi connectivity index (χ2n) is 28.4. The molecule has 0 aromatic rings. The predicted molar refractivity (Wildman–Crippen MR) is 403 cm³/mol. The van der Waals surface area contributed by atoms with Crippen LogP contribution in [0.5, 0.6) is 0 Å². The molecule has 0 aromatic heterocycles. The van der Waals surface area contributed by atoms with E-state index in [4.69, 9.17) is 9.05 Å². The fourth-order valence-electron chi connectivity index (χ4n) is 12.0. The van der Waals surface area contributed by atoms with Gasteiger partial charge in [-0.3, -0.25) is 9.36 Å². The number of phosphoric acid groups is 1. The van der Waals surface area contributed by atoms with Gasteiger partial charge in [-0.1, -0.05) is 394 Å². The van der Waals surface area contributed by atoms with Crippen molar-refractivity contribution in [1.82, 2.24) is 5.32 Å². The number of quaternary nitrogens is 1. The molecule has 0 aliphatic rings. The molecular formula is C83H155N2O6P. The molecule has 8 nitrogen and oxygen atoms in total. The summed E-state index contributed by atoms with van der Waals surface area (Å²) in [5.41, 5.74) is 0. The molecule has 1 amide bonds. The second kappa shape index (κ2) is 72.9. The number of unbranched alkanes of at least 4 members (excludes halogenated alkanes) is 47. The van der Waals surface area contributed by atoms with Crippen LogP contribution >= 0.6 is 7.82 Å². The molecule has 0 rings (SSSR count). The van der Waals surface area contributed by atoms with Gasteiger partial charge in [0.2, 0.25) is 5.91 Å². The van der Waals surface area contributed by atoms with E-state index in [9.17, 15) is 19.4 Å². The molecule has 0 radical (unpaired) electrons. The van der Waals surface area contributed by atoms with Crippen LogP contribution in [0.3, 0.4) is 0 Å². The first-order valence-corrected chi connectivity index (χ1v) is 41.4. The lowest BCUT2D eigenvalue weighted by molar-refractivity contribution is -0.870. The van der Waals surface area contributed by atoms with Gasteiger partial charge in [0.05, 0.1) is 39.9 Å². The maximum atomic E-state index is 13.1. The lowest BCUT2D eigenvalue weighted by atomic mass is 10.0. The summed E-state index contributed by atoms with van der Waals surface area (Å²) in [4.78, 5) is 25.8. The van der Waals surface area contributed by atoms with Gasteiger partial charge >= 0.3 is 0 Å². The number of nitrogens with one attached hydrogen (secondary N) is 1. The van der Waals surface area contributed by atoms with Gasteiger partial charge < -0.3 is 28.8 Å². The predicted octanol–water partition coefficient (Wildman–Crippen LogP) is 25.6. The smallest absolute Gasteiger partial charge is 0.268 e. The number of hydrogen-bond acceptors (Lipinski definition) is 6. The Morgan fingerprint density at radius 2 is 0.663 bits per heavy atom. The van der Waals surface area contributed by atoms with Gasteiger partial charge in [-0.2, -0.15) is 0 Å². The summed E-state index contributed by atoms with van der Waals surface area (Å²) in [6.45, 7) is 4.66. The molecule has 0 heterocycles. The first-order chi connectivity index (χ1) is 45.0. The Labute approximate surface area is 573 Å². The number of phosphoric ester groups is 1. The minimum absolute atomic E-state index is 0.0118. The number of carbonyl (C=O) groups excluding carboxylic acids is 1. The molecule has 2 N–H and O–H groups in total. The summed E-state index contributed by atoms with van der Waals surface area (Å²) in [5, 5.41) is 14.2. The van der Waals surface area contributed by atoms with Crippen LogP contribution < -0.4 is 10.2 Å². The van der Waals surface area contributed by atoms with Crippen LogP contribution in [0.2, 0.25) is 0 Å². The molecule has 0 fully saturated rings. The molecule has 0 saturated carbocycles. The number of likely N-dealkylation sites (N-methyl/N-ethyl adjacent to an activating group) is 1. The highest BCUT2D eigenvalue weighted by molar-refractivity contribution is 7.45. The summed E-state index contributed by atoms with van der Waals surface area (Å²) in [7, 11) is 1.32. The Bertz CT molecular complexity index is 1780. The summed E-state index contributed by atoms with van der Waals surface area (Å²) in [6, 6.07) is -0.806. The monoisotopic (exact) mass is 1310 g/mol. The Hall–Kier alpha value is -2.32. The zero-order valence-corrected chi connectivity index (χ0v) is 62.6. The topological polar surface area (TPSA) is 108 Å². The third-order valence-corrected chi connectivity index (χ3v) is 19.1. The van der Waals surface area contributed by atoms with Crippen molar-refractivity contribution in [1.29, 1.82) is 0 Å². The van der Waals surface area contributed by atoms with E-state index < -0.39 is 20.0 Å². The van der Waals surface area contributed by atoms with Crippen LogP contribution in [0.15, 0.2) is 85.1 Å². The quantitative estimate of drug-likeness (QED) is 0.0272. The van der Waals surface area contributed by atoms with E-state index >= 15 is 0 Å². The third-order valence-electron chi connectivity index (χ3n) is 18.1. The minimum atomic E-state index is -4.59. The van der Waals surface area contributed by atoms with Crippen LogP contribution in [-0.2, 0) is 18.4 Å². The molecule has 3 atom stereocenters. The van der Waals surface area contributed by atoms with Gasteiger partial charge in [-0.15, -0.1) is 0 Å². The first-order valence-electron chi connectivity index (χ1n) is 39.9. The molecule has 9 heteroatoms. The number of nitrogens with zero attached hydrogens (tertiary/aromatic N) is 1. The Kier molecular flexibility index (Phi) is 71.1. The number of carbonyl (C=O) groups is 1. The molecule has 3 unspecified atom stereocenters. The van der Waals surface area contributed by atoms with Crippen molar-refractivity contribution in [3.8, 4) is 0 Å². The van der Waals surface area contributed by atoms with Crippen molar-refractivity contribution >= 4 is 13.7 Å². The third kappa shape index (κ3) is 75.1. The van der Waals surface area contributed by atoms with Crippen molar-refractivity contribution in [3.05, 3.63) is 85.1 Å². The second-order valence-corrected chi connectivity index (χ2v) is 29.8. The van der Waals surface area contributed by atoms with Crippen LogP contribution in [0.4, 0.5) is 0 Å². The highest BCUT2D eigenvalue weighted by Crippen LogP contribution is 2.38. The molecule has 538 valence electrons. The minimum Gasteiger partial charge on any atom is -0.756 e. The molecule has 0 aromatic carbocycles. The number of aliphatic hydroxyl groups is 1. The van der Waals surface area contributed by atoms with Crippen LogP contribution in [-0.4, -0.2) is 68.5 Å². The molecular weight excluding hydrogens is 1150 g/mol. The summed E-state index contributed by atoms with van der Waals surface area (Å²) >= 11 is 0. The number of allylic oxidation sites excluding steroid dienone is 14. The molecule has 0 saturated heterocycles. The SMILES string of the molecule is CC/C=C\C/C=C\C/C=C\C/C=C\C/C=C\C/C=C\C/C=C\CCCCCCCCCCCCCCCCCCCC(=O)NC(COP(=O)([O-])OCC[N+](C)(C)C)C(O)CCCCCCCCCCCCCCCCCCCCCCCCCCCCCCCCC. The lowest BCUT2D eigenvalue weighted by Crippen LogP contribution is -2.46. The van der Waals surface area contributed by atoms with Crippen molar-refractivity contribution in [2.24, 2.45) is 0 Å². The maximum absolute atomic E-state index is 13.1. The van der Waals surface area contributed by atoms with Gasteiger partial charge in [-0.25, -0.2) is 0 Å². The Morgan fingerprint density at radius 3 is 0.967 bits per heavy atom. The largest absolute Gasteiger partial charge is 0.756 e. The van der Waals surface area contributed by atoms with Crippen LogP contribution in [0.1, 0.15) is 386 Å². The molecule has 92 heavy (non-hydrogen) atoms.